The molecule has 0 amide bonds. The van der Waals surface area contributed by atoms with Crippen LogP contribution in [0, 0.1) is 12.9 Å². The molecule has 2 heterocycles. The molecule has 2 aromatic heterocycles. The summed E-state index contributed by atoms with van der Waals surface area (Å²) in [7, 11) is 0. The molecule has 1 unspecified atom stereocenters. The van der Waals surface area contributed by atoms with E-state index in [-0.39, 0.29) is 0 Å². The molecular weight excluding hydrogens is 375 g/mol. The monoisotopic (exact) mass is 385 g/mol. The highest BCUT2D eigenvalue weighted by atomic mass is 127. The van der Waals surface area contributed by atoms with Crippen molar-refractivity contribution < 1.29 is 4.39 Å². The number of pyridine rings is 1. The Morgan fingerprint density at radius 2 is 2.16 bits per heavy atom. The van der Waals surface area contributed by atoms with Gasteiger partial charge in [0.2, 0.25) is 5.95 Å². The smallest absolute Gasteiger partial charge is 0.213 e. The van der Waals surface area contributed by atoms with Crippen molar-refractivity contribution >= 4 is 39.3 Å². The molecular formula is C13H10FIN3P. The van der Waals surface area contributed by atoms with E-state index in [1.807, 2.05) is 23.6 Å². The molecule has 0 radical (unpaired) electrons. The van der Waals surface area contributed by atoms with Crippen LogP contribution in [0.15, 0.2) is 36.7 Å². The minimum atomic E-state index is -0.457. The molecule has 0 saturated heterocycles. The molecule has 0 spiro atoms. The van der Waals surface area contributed by atoms with E-state index < -0.39 is 5.95 Å². The minimum absolute atomic E-state index is 0.457. The minimum Gasteiger partial charge on any atom is -0.237 e. The van der Waals surface area contributed by atoms with Crippen LogP contribution >= 0.6 is 28.4 Å². The summed E-state index contributed by atoms with van der Waals surface area (Å²) in [5, 5.41) is 5.45. The first kappa shape index (κ1) is 12.9. The first-order valence-electron chi connectivity index (χ1n) is 5.66. The summed E-state index contributed by atoms with van der Waals surface area (Å²) in [6, 6.07) is 7.44. The normalized spacial score (nSPS) is 11.7. The Bertz CT molecular complexity index is 757. The van der Waals surface area contributed by atoms with E-state index in [0.717, 1.165) is 27.6 Å². The largest absolute Gasteiger partial charge is 0.237 e. The van der Waals surface area contributed by atoms with Crippen molar-refractivity contribution in [3.63, 3.8) is 0 Å². The Kier molecular flexibility index (Phi) is 3.50. The van der Waals surface area contributed by atoms with Gasteiger partial charge in [-0.2, -0.15) is 9.49 Å². The zero-order valence-electron chi connectivity index (χ0n) is 10.1. The van der Waals surface area contributed by atoms with Gasteiger partial charge in [-0.15, -0.1) is 0 Å². The third-order valence-corrected chi connectivity index (χ3v) is 4.92. The van der Waals surface area contributed by atoms with Crippen LogP contribution in [0.5, 0.6) is 0 Å². The highest BCUT2D eigenvalue weighted by Gasteiger charge is 2.09. The number of nitrogens with zero attached hydrogens (tertiary/aromatic N) is 3. The van der Waals surface area contributed by atoms with Gasteiger partial charge in [0.25, 0.3) is 0 Å². The van der Waals surface area contributed by atoms with Crippen molar-refractivity contribution in [3.05, 3.63) is 48.2 Å². The van der Waals surface area contributed by atoms with Gasteiger partial charge in [0.1, 0.15) is 0 Å². The quantitative estimate of drug-likeness (QED) is 0.374. The van der Waals surface area contributed by atoms with Crippen molar-refractivity contribution in [1.29, 1.82) is 0 Å². The summed E-state index contributed by atoms with van der Waals surface area (Å²) < 4.78 is 15.2. The predicted octanol–water partition coefficient (Wildman–Crippen LogP) is 4.34. The van der Waals surface area contributed by atoms with Crippen molar-refractivity contribution in [2.75, 3.05) is 0 Å². The Morgan fingerprint density at radius 3 is 2.89 bits per heavy atom. The fourth-order valence-corrected chi connectivity index (χ4v) is 3.68. The number of hydrogen-bond donors (Lipinski definition) is 0. The van der Waals surface area contributed by atoms with Crippen LogP contribution in [0.25, 0.3) is 22.0 Å². The second kappa shape index (κ2) is 5.13. The molecule has 0 aliphatic carbocycles. The number of rotatable bonds is 2. The van der Waals surface area contributed by atoms with Crippen LogP contribution in [0.2, 0.25) is 0 Å². The van der Waals surface area contributed by atoms with E-state index in [0.29, 0.717) is 6.37 Å². The molecule has 0 aliphatic heterocycles. The number of halogens is 2. The molecule has 0 N–H and O–H groups in total. The van der Waals surface area contributed by atoms with Gasteiger partial charge in [-0.1, -0.05) is 0 Å². The van der Waals surface area contributed by atoms with Crippen LogP contribution in [0.1, 0.15) is 5.56 Å². The molecule has 0 fully saturated rings. The van der Waals surface area contributed by atoms with Gasteiger partial charge in [0.05, 0.1) is 18.1 Å². The number of benzene rings is 1. The van der Waals surface area contributed by atoms with E-state index in [4.69, 9.17) is 0 Å². The van der Waals surface area contributed by atoms with Gasteiger partial charge in [-0.25, -0.2) is 9.44 Å². The molecule has 0 bridgehead atoms. The third kappa shape index (κ3) is 2.37. The molecule has 3 rings (SSSR count). The molecule has 1 atom stereocenters. The number of hydrogen-bond acceptors (Lipinski definition) is 2. The zero-order valence-corrected chi connectivity index (χ0v) is 13.2. The van der Waals surface area contributed by atoms with Gasteiger partial charge in [0, 0.05) is 17.6 Å². The van der Waals surface area contributed by atoms with E-state index in [2.05, 4.69) is 44.3 Å². The maximum atomic E-state index is 13.3. The molecule has 0 saturated carbocycles. The van der Waals surface area contributed by atoms with E-state index in [9.17, 15) is 4.39 Å². The Balaban J connectivity index is 2.25. The highest BCUT2D eigenvalue weighted by molar-refractivity contribution is 14.2. The molecule has 0 aliphatic rings. The summed E-state index contributed by atoms with van der Waals surface area (Å²) >= 11 is 2.30. The van der Waals surface area contributed by atoms with Gasteiger partial charge >= 0.3 is 0 Å². The van der Waals surface area contributed by atoms with E-state index >= 15 is 0 Å². The lowest BCUT2D eigenvalue weighted by Gasteiger charge is -2.07. The number of fused-ring (bicyclic) bond motifs is 1. The van der Waals surface area contributed by atoms with Crippen LogP contribution in [0.3, 0.4) is 0 Å². The summed E-state index contributed by atoms with van der Waals surface area (Å²) in [6.45, 7) is 2.02. The Hall–Kier alpha value is -1.07. The van der Waals surface area contributed by atoms with Crippen LogP contribution < -0.4 is 0 Å². The predicted molar refractivity (Wildman–Crippen MR) is 85.4 cm³/mol. The lowest BCUT2D eigenvalue weighted by atomic mass is 10.00. The molecule has 96 valence electrons. The summed E-state index contributed by atoms with van der Waals surface area (Å²) in [4.78, 5) is 3.60. The average Bonchev–Trinajstić information content (AvgIpc) is 2.79. The Labute approximate surface area is 124 Å². The van der Waals surface area contributed by atoms with Crippen molar-refractivity contribution in [1.82, 2.24) is 14.5 Å². The van der Waals surface area contributed by atoms with Crippen molar-refractivity contribution in [2.45, 2.75) is 6.92 Å². The summed E-state index contributed by atoms with van der Waals surface area (Å²) in [5.74, 6) is -0.457. The maximum Gasteiger partial charge on any atom is 0.213 e. The van der Waals surface area contributed by atoms with Gasteiger partial charge in [0.15, 0.2) is 0 Å². The molecule has 3 nitrogen and oxygen atoms in total. The summed E-state index contributed by atoms with van der Waals surface area (Å²) in [6.07, 6.45) is 3.90. The fraction of sp³-hybridized carbons (Fsp3) is 0.0769. The van der Waals surface area contributed by atoms with Gasteiger partial charge in [-0.3, -0.25) is 0 Å². The lowest BCUT2D eigenvalue weighted by molar-refractivity contribution is 0.584. The van der Waals surface area contributed by atoms with Crippen LogP contribution in [0.4, 0.5) is 4.39 Å². The second-order valence-electron chi connectivity index (χ2n) is 4.23. The fourth-order valence-electron chi connectivity index (χ4n) is 2.14. The SMILES string of the molecule is Cc1cc2cnn(PI)c2cc1-c1ccnc(F)c1. The first-order chi connectivity index (χ1) is 9.19. The maximum absolute atomic E-state index is 13.3. The number of aromatic nitrogens is 3. The lowest BCUT2D eigenvalue weighted by Crippen LogP contribution is -1.89. The molecule has 1 aromatic carbocycles. The Morgan fingerprint density at radius 1 is 1.32 bits per heavy atom. The van der Waals surface area contributed by atoms with Gasteiger partial charge in [-0.05, 0) is 63.9 Å². The van der Waals surface area contributed by atoms with Crippen LogP contribution in [-0.2, 0) is 0 Å². The third-order valence-electron chi connectivity index (χ3n) is 3.03. The molecule has 19 heavy (non-hydrogen) atoms. The average molecular weight is 385 g/mol. The first-order valence-corrected chi connectivity index (χ1v) is 9.72. The number of aryl methyl sites for hydroxylation is 1. The standard InChI is InChI=1S/C13H10FIN3P/c1-8-4-10-7-17-18(19-15)12(10)6-11(8)9-2-3-16-13(14)5-9/h2-7,19H,1H3. The highest BCUT2D eigenvalue weighted by Crippen LogP contribution is 2.33. The summed E-state index contributed by atoms with van der Waals surface area (Å²) in [5.41, 5.74) is 4.04. The molecule has 3 aromatic rings. The van der Waals surface area contributed by atoms with Crippen molar-refractivity contribution in [3.8, 4) is 11.1 Å². The van der Waals surface area contributed by atoms with E-state index in [1.54, 1.807) is 0 Å². The second-order valence-corrected chi connectivity index (χ2v) is 6.27. The van der Waals surface area contributed by atoms with Crippen LogP contribution in [-0.4, -0.2) is 14.5 Å². The van der Waals surface area contributed by atoms with Crippen molar-refractivity contribution in [2.24, 2.45) is 0 Å². The van der Waals surface area contributed by atoms with E-state index in [1.165, 1.54) is 12.3 Å². The molecule has 6 heteroatoms. The van der Waals surface area contributed by atoms with Gasteiger partial charge < -0.3 is 0 Å². The zero-order chi connectivity index (χ0) is 13.4. The topological polar surface area (TPSA) is 30.7 Å².